The quantitative estimate of drug-likeness (QED) is 0.728. The second-order valence-corrected chi connectivity index (χ2v) is 5.53. The molecule has 0 aromatic heterocycles. The van der Waals surface area contributed by atoms with Crippen molar-refractivity contribution in [1.82, 2.24) is 4.90 Å². The van der Waals surface area contributed by atoms with E-state index in [0.717, 1.165) is 45.3 Å². The molecule has 3 nitrogen and oxygen atoms in total. The molecular formula is C13H24N2O. The zero-order chi connectivity index (χ0) is 12.0. The van der Waals surface area contributed by atoms with E-state index in [4.69, 9.17) is 5.26 Å². The van der Waals surface area contributed by atoms with Crippen LogP contribution in [0.3, 0.4) is 0 Å². The van der Waals surface area contributed by atoms with E-state index in [1.165, 1.54) is 6.42 Å². The number of aliphatic hydroxyl groups is 1. The smallest absolute Gasteiger partial charge is 0.0683 e. The first-order chi connectivity index (χ1) is 7.53. The molecule has 1 aliphatic heterocycles. The minimum Gasteiger partial charge on any atom is -0.393 e. The second-order valence-electron chi connectivity index (χ2n) is 5.53. The molecule has 1 N–H and O–H groups in total. The molecule has 1 aliphatic rings. The fraction of sp³-hybridized carbons (Fsp3) is 0.923. The summed E-state index contributed by atoms with van der Waals surface area (Å²) >= 11 is 0. The van der Waals surface area contributed by atoms with Crippen molar-refractivity contribution in [2.45, 2.75) is 52.1 Å². The molecule has 1 fully saturated rings. The van der Waals surface area contributed by atoms with Crippen LogP contribution in [0.4, 0.5) is 0 Å². The number of rotatable bonds is 5. The van der Waals surface area contributed by atoms with Crippen molar-refractivity contribution in [3.63, 3.8) is 0 Å². The molecule has 0 amide bonds. The number of nitrogens with zero attached hydrogens (tertiary/aromatic N) is 2. The zero-order valence-corrected chi connectivity index (χ0v) is 10.6. The van der Waals surface area contributed by atoms with E-state index >= 15 is 0 Å². The fourth-order valence-electron chi connectivity index (χ4n) is 2.10. The maximum Gasteiger partial charge on any atom is 0.0683 e. The Balaban J connectivity index is 2.06. The van der Waals surface area contributed by atoms with Gasteiger partial charge in [-0.05, 0) is 46.1 Å². The Hall–Kier alpha value is -0.590. The Kier molecular flexibility index (Phi) is 5.24. The van der Waals surface area contributed by atoms with E-state index in [1.54, 1.807) is 0 Å². The van der Waals surface area contributed by atoms with Gasteiger partial charge in [-0.1, -0.05) is 6.42 Å². The summed E-state index contributed by atoms with van der Waals surface area (Å²) in [6.45, 7) is 7.19. The van der Waals surface area contributed by atoms with Gasteiger partial charge in [-0.3, -0.25) is 0 Å². The van der Waals surface area contributed by atoms with Gasteiger partial charge in [-0.2, -0.15) is 5.26 Å². The van der Waals surface area contributed by atoms with E-state index in [0.29, 0.717) is 0 Å². The highest BCUT2D eigenvalue weighted by molar-refractivity contribution is 4.91. The molecule has 1 rings (SSSR count). The molecule has 0 aliphatic carbocycles. The standard InChI is InChI=1S/C13H24N2O/c1-13(2,11-14)7-3-4-8-15-9-5-12(16)6-10-15/h12,16H,3-10H2,1-2H3. The van der Waals surface area contributed by atoms with Gasteiger partial charge in [0.05, 0.1) is 17.6 Å². The molecular weight excluding hydrogens is 200 g/mol. The first-order valence-electron chi connectivity index (χ1n) is 6.35. The van der Waals surface area contributed by atoms with Crippen molar-refractivity contribution in [2.24, 2.45) is 5.41 Å². The Morgan fingerprint density at radius 2 is 1.94 bits per heavy atom. The van der Waals surface area contributed by atoms with Crippen molar-refractivity contribution < 1.29 is 5.11 Å². The third-order valence-corrected chi connectivity index (χ3v) is 3.39. The van der Waals surface area contributed by atoms with Gasteiger partial charge in [0.1, 0.15) is 0 Å². The molecule has 3 heteroatoms. The van der Waals surface area contributed by atoms with Crippen LogP contribution >= 0.6 is 0 Å². The molecule has 0 unspecified atom stereocenters. The molecule has 0 atom stereocenters. The van der Waals surface area contributed by atoms with Crippen molar-refractivity contribution >= 4 is 0 Å². The van der Waals surface area contributed by atoms with Crippen molar-refractivity contribution in [2.75, 3.05) is 19.6 Å². The zero-order valence-electron chi connectivity index (χ0n) is 10.6. The molecule has 0 aromatic carbocycles. The Bertz CT molecular complexity index is 237. The lowest BCUT2D eigenvalue weighted by atomic mass is 9.89. The fourth-order valence-corrected chi connectivity index (χ4v) is 2.10. The topological polar surface area (TPSA) is 47.3 Å². The summed E-state index contributed by atoms with van der Waals surface area (Å²) in [4.78, 5) is 2.42. The number of hydrogen-bond donors (Lipinski definition) is 1. The van der Waals surface area contributed by atoms with E-state index in [9.17, 15) is 5.11 Å². The highest BCUT2D eigenvalue weighted by atomic mass is 16.3. The van der Waals surface area contributed by atoms with Crippen LogP contribution in [0.5, 0.6) is 0 Å². The summed E-state index contributed by atoms with van der Waals surface area (Å²) in [5.41, 5.74) is -0.169. The van der Waals surface area contributed by atoms with Gasteiger partial charge in [0.15, 0.2) is 0 Å². The number of likely N-dealkylation sites (tertiary alicyclic amines) is 1. The summed E-state index contributed by atoms with van der Waals surface area (Å²) in [5.74, 6) is 0. The molecule has 0 aromatic rings. The molecule has 1 saturated heterocycles. The summed E-state index contributed by atoms with van der Waals surface area (Å²) in [7, 11) is 0. The average Bonchev–Trinajstić information content (AvgIpc) is 2.27. The predicted molar refractivity (Wildman–Crippen MR) is 64.9 cm³/mol. The van der Waals surface area contributed by atoms with E-state index in [2.05, 4.69) is 11.0 Å². The minimum atomic E-state index is -0.169. The third kappa shape index (κ3) is 4.96. The number of piperidine rings is 1. The summed E-state index contributed by atoms with van der Waals surface area (Å²) in [6, 6.07) is 2.34. The SMILES string of the molecule is CC(C)(C#N)CCCCN1CCC(O)CC1. The third-order valence-electron chi connectivity index (χ3n) is 3.39. The Morgan fingerprint density at radius 3 is 2.50 bits per heavy atom. The second kappa shape index (κ2) is 6.22. The number of hydrogen-bond acceptors (Lipinski definition) is 3. The average molecular weight is 224 g/mol. The van der Waals surface area contributed by atoms with Crippen LogP contribution in [-0.2, 0) is 0 Å². The highest BCUT2D eigenvalue weighted by Gasteiger charge is 2.18. The number of unbranched alkanes of at least 4 members (excludes halogenated alkanes) is 1. The van der Waals surface area contributed by atoms with Crippen molar-refractivity contribution in [3.05, 3.63) is 0 Å². The Labute approximate surface area is 99.1 Å². The highest BCUT2D eigenvalue weighted by Crippen LogP contribution is 2.22. The largest absolute Gasteiger partial charge is 0.393 e. The lowest BCUT2D eigenvalue weighted by Crippen LogP contribution is -2.36. The molecule has 16 heavy (non-hydrogen) atoms. The van der Waals surface area contributed by atoms with Crippen molar-refractivity contribution in [3.8, 4) is 6.07 Å². The van der Waals surface area contributed by atoms with Gasteiger partial charge >= 0.3 is 0 Å². The number of nitriles is 1. The molecule has 92 valence electrons. The number of aliphatic hydroxyl groups excluding tert-OH is 1. The van der Waals surface area contributed by atoms with Crippen LogP contribution in [-0.4, -0.2) is 35.7 Å². The molecule has 0 radical (unpaired) electrons. The molecule has 1 heterocycles. The van der Waals surface area contributed by atoms with Gasteiger partial charge in [0.25, 0.3) is 0 Å². The summed E-state index contributed by atoms with van der Waals surface area (Å²) in [6.07, 6.45) is 5.04. The lowest BCUT2D eigenvalue weighted by molar-refractivity contribution is 0.0815. The van der Waals surface area contributed by atoms with Gasteiger partial charge in [0.2, 0.25) is 0 Å². The Morgan fingerprint density at radius 1 is 1.31 bits per heavy atom. The molecule has 0 bridgehead atoms. The molecule has 0 spiro atoms. The maximum absolute atomic E-state index is 9.37. The van der Waals surface area contributed by atoms with Gasteiger partial charge < -0.3 is 10.0 Å². The van der Waals surface area contributed by atoms with Crippen LogP contribution in [0.15, 0.2) is 0 Å². The summed E-state index contributed by atoms with van der Waals surface area (Å²) < 4.78 is 0. The van der Waals surface area contributed by atoms with Crippen molar-refractivity contribution in [1.29, 1.82) is 5.26 Å². The van der Waals surface area contributed by atoms with E-state index in [-0.39, 0.29) is 11.5 Å². The lowest BCUT2D eigenvalue weighted by Gasteiger charge is -2.29. The van der Waals surface area contributed by atoms with Crippen LogP contribution < -0.4 is 0 Å². The molecule has 0 saturated carbocycles. The van der Waals surface area contributed by atoms with Crippen LogP contribution in [0.25, 0.3) is 0 Å². The maximum atomic E-state index is 9.37. The van der Waals surface area contributed by atoms with Gasteiger partial charge in [0, 0.05) is 13.1 Å². The minimum absolute atomic E-state index is 0.0752. The first kappa shape index (κ1) is 13.5. The van der Waals surface area contributed by atoms with Crippen LogP contribution in [0.1, 0.15) is 46.0 Å². The monoisotopic (exact) mass is 224 g/mol. The van der Waals surface area contributed by atoms with Crippen LogP contribution in [0.2, 0.25) is 0 Å². The van der Waals surface area contributed by atoms with E-state index < -0.39 is 0 Å². The predicted octanol–water partition coefficient (Wildman–Crippen LogP) is 2.16. The first-order valence-corrected chi connectivity index (χ1v) is 6.35. The normalized spacial score (nSPS) is 19.6. The summed E-state index contributed by atoms with van der Waals surface area (Å²) in [5, 5.41) is 18.3. The van der Waals surface area contributed by atoms with E-state index in [1.807, 2.05) is 13.8 Å². The van der Waals surface area contributed by atoms with Gasteiger partial charge in [-0.15, -0.1) is 0 Å². The van der Waals surface area contributed by atoms with Gasteiger partial charge in [-0.25, -0.2) is 0 Å². The van der Waals surface area contributed by atoms with Crippen LogP contribution in [0, 0.1) is 16.7 Å².